The van der Waals surface area contributed by atoms with Crippen LogP contribution in [0, 0.1) is 18.7 Å². The average Bonchev–Trinajstić information content (AvgIpc) is 3.43. The van der Waals surface area contributed by atoms with Crippen molar-refractivity contribution in [2.75, 3.05) is 19.7 Å². The molecule has 0 spiro atoms. The number of carbonyl (C=O) groups is 1. The number of hydrogen-bond acceptors (Lipinski definition) is 8. The first-order valence-electron chi connectivity index (χ1n) is 14.4. The van der Waals surface area contributed by atoms with Crippen LogP contribution in [0.4, 0.5) is 9.18 Å². The number of nitrogens with zero attached hydrogens (tertiary/aromatic N) is 5. The lowest BCUT2D eigenvalue weighted by molar-refractivity contribution is 0.0165. The summed E-state index contributed by atoms with van der Waals surface area (Å²) in [6, 6.07) is 9.85. The van der Waals surface area contributed by atoms with Gasteiger partial charge in [-0.05, 0) is 71.1 Å². The summed E-state index contributed by atoms with van der Waals surface area (Å²) >= 11 is 0. The summed E-state index contributed by atoms with van der Waals surface area (Å²) < 4.78 is 32.7. The third-order valence-electron chi connectivity index (χ3n) is 7.34. The Morgan fingerprint density at radius 3 is 2.49 bits per heavy atom. The van der Waals surface area contributed by atoms with Gasteiger partial charge in [0.2, 0.25) is 0 Å². The minimum absolute atomic E-state index is 0.274. The van der Waals surface area contributed by atoms with Crippen LogP contribution < -0.4 is 10.3 Å². The van der Waals surface area contributed by atoms with Gasteiger partial charge >= 0.3 is 6.09 Å². The fraction of sp³-hybridized carbons (Fsp3) is 0.406. The predicted octanol–water partition coefficient (Wildman–Crippen LogP) is 6.04. The monoisotopic (exact) mass is 589 g/mol. The highest BCUT2D eigenvalue weighted by Crippen LogP contribution is 2.26. The maximum Gasteiger partial charge on any atom is 0.410 e. The van der Waals surface area contributed by atoms with Crippen LogP contribution in [0.3, 0.4) is 0 Å². The van der Waals surface area contributed by atoms with E-state index in [-0.39, 0.29) is 6.09 Å². The molecule has 43 heavy (non-hydrogen) atoms. The zero-order valence-corrected chi connectivity index (χ0v) is 25.0. The predicted molar refractivity (Wildman–Crippen MR) is 158 cm³/mol. The number of carbonyl (C=O) groups excluding carboxylic acids is 1. The molecule has 4 aromatic rings. The van der Waals surface area contributed by atoms with Gasteiger partial charge in [0.05, 0.1) is 30.7 Å². The molecule has 11 heteroatoms. The van der Waals surface area contributed by atoms with Crippen molar-refractivity contribution >= 4 is 6.09 Å². The molecule has 5 rings (SSSR count). The highest BCUT2D eigenvalue weighted by molar-refractivity contribution is 5.68. The van der Waals surface area contributed by atoms with Gasteiger partial charge in [-0.15, -0.1) is 0 Å². The molecule has 0 bridgehead atoms. The highest BCUT2D eigenvalue weighted by Gasteiger charge is 2.27. The van der Waals surface area contributed by atoms with E-state index >= 15 is 0 Å². The number of benzene rings is 1. The van der Waals surface area contributed by atoms with E-state index in [1.165, 1.54) is 4.57 Å². The van der Waals surface area contributed by atoms with Gasteiger partial charge < -0.3 is 23.5 Å². The number of rotatable bonds is 7. The first kappa shape index (κ1) is 29.9. The van der Waals surface area contributed by atoms with E-state index in [1.54, 1.807) is 36.5 Å². The van der Waals surface area contributed by atoms with Crippen molar-refractivity contribution in [3.8, 4) is 28.5 Å². The molecule has 0 N–H and O–H groups in total. The van der Waals surface area contributed by atoms with Crippen molar-refractivity contribution in [2.24, 2.45) is 5.92 Å². The number of amides is 1. The topological polar surface area (TPSA) is 113 Å². The number of aromatic nitrogens is 4. The average molecular weight is 590 g/mol. The van der Waals surface area contributed by atoms with E-state index < -0.39 is 23.0 Å². The first-order chi connectivity index (χ1) is 20.5. The summed E-state index contributed by atoms with van der Waals surface area (Å²) in [7, 11) is 0. The van der Waals surface area contributed by atoms with Crippen molar-refractivity contribution in [1.82, 2.24) is 24.6 Å². The SMILES string of the molecule is Cc1cc(-c2cc(F)c(=O)n([C@H](C)c3cccc(-c4ncc(OCC5CCN(C(=O)OC(C)(C)C)CC5)cn4)c3)c2)on1. The molecular formula is C32H36FN5O5. The van der Waals surface area contributed by atoms with Crippen LogP contribution in [-0.4, -0.2) is 56.0 Å². The number of piperidine rings is 1. The van der Waals surface area contributed by atoms with Crippen LogP contribution in [0.2, 0.25) is 0 Å². The molecule has 10 nitrogen and oxygen atoms in total. The smallest absolute Gasteiger partial charge is 0.410 e. The van der Waals surface area contributed by atoms with Gasteiger partial charge in [-0.2, -0.15) is 0 Å². The van der Waals surface area contributed by atoms with E-state index in [1.807, 2.05) is 52.0 Å². The number of halogens is 1. The molecule has 1 fully saturated rings. The van der Waals surface area contributed by atoms with Crippen LogP contribution in [0.1, 0.15) is 57.8 Å². The lowest BCUT2D eigenvalue weighted by Gasteiger charge is -2.33. The third kappa shape index (κ3) is 7.28. The molecule has 1 aliphatic rings. The number of pyridine rings is 1. The lowest BCUT2D eigenvalue weighted by Crippen LogP contribution is -2.42. The Labute approximate surface area is 249 Å². The Morgan fingerprint density at radius 2 is 1.84 bits per heavy atom. The van der Waals surface area contributed by atoms with E-state index in [0.717, 1.165) is 30.0 Å². The lowest BCUT2D eigenvalue weighted by atomic mass is 9.98. The molecule has 0 aliphatic carbocycles. The fourth-order valence-electron chi connectivity index (χ4n) is 4.95. The maximum atomic E-state index is 14.6. The Morgan fingerprint density at radius 1 is 1.12 bits per heavy atom. The zero-order valence-electron chi connectivity index (χ0n) is 25.0. The van der Waals surface area contributed by atoms with Crippen molar-refractivity contribution in [2.45, 2.75) is 59.1 Å². The van der Waals surface area contributed by atoms with Crippen LogP contribution in [0.15, 0.2) is 64.3 Å². The standard InChI is InChI=1S/C32H36FN5O5/c1-20-13-28(43-36-20)25-15-27(33)30(39)38(18-25)21(2)23-7-6-8-24(14-23)29-34-16-26(17-35-29)41-19-22-9-11-37(12-10-22)31(40)42-32(3,4)5/h6-8,13-18,21-22H,9-12,19H2,1-5H3/t21-/m1/s1. The van der Waals surface area contributed by atoms with Crippen molar-refractivity contribution < 1.29 is 23.2 Å². The minimum Gasteiger partial charge on any atom is -0.490 e. The van der Waals surface area contributed by atoms with Gasteiger partial charge in [0.1, 0.15) is 5.60 Å². The van der Waals surface area contributed by atoms with Gasteiger partial charge in [0, 0.05) is 36.5 Å². The molecule has 0 radical (unpaired) electrons. The summed E-state index contributed by atoms with van der Waals surface area (Å²) in [5.74, 6) is 0.882. The summed E-state index contributed by atoms with van der Waals surface area (Å²) in [5, 5.41) is 3.86. The Bertz CT molecular complexity index is 1640. The number of ether oxygens (including phenoxy) is 2. The third-order valence-corrected chi connectivity index (χ3v) is 7.34. The van der Waals surface area contributed by atoms with Gasteiger partial charge in [0.15, 0.2) is 23.2 Å². The Balaban J connectivity index is 1.22. The van der Waals surface area contributed by atoms with Crippen molar-refractivity contribution in [1.29, 1.82) is 0 Å². The molecule has 0 saturated carbocycles. The largest absolute Gasteiger partial charge is 0.490 e. The normalized spacial score (nSPS) is 14.9. The molecule has 4 heterocycles. The van der Waals surface area contributed by atoms with Crippen molar-refractivity contribution in [3.63, 3.8) is 0 Å². The molecule has 1 atom stereocenters. The number of hydrogen-bond donors (Lipinski definition) is 0. The second-order valence-corrected chi connectivity index (χ2v) is 11.9. The van der Waals surface area contributed by atoms with Gasteiger partial charge in [-0.1, -0.05) is 23.4 Å². The van der Waals surface area contributed by atoms with Gasteiger partial charge in [-0.3, -0.25) is 4.79 Å². The molecule has 0 unspecified atom stereocenters. The Hall–Kier alpha value is -4.54. The summed E-state index contributed by atoms with van der Waals surface area (Å²) in [6.07, 6.45) is 6.23. The summed E-state index contributed by atoms with van der Waals surface area (Å²) in [4.78, 5) is 35.7. The Kier molecular flexibility index (Phi) is 8.61. The molecule has 1 aliphatic heterocycles. The van der Waals surface area contributed by atoms with Crippen molar-refractivity contribution in [3.05, 3.63) is 82.4 Å². The fourth-order valence-corrected chi connectivity index (χ4v) is 4.95. The van der Waals surface area contributed by atoms with Gasteiger partial charge in [0.25, 0.3) is 5.56 Å². The van der Waals surface area contributed by atoms with E-state index in [9.17, 15) is 14.0 Å². The quantitative estimate of drug-likeness (QED) is 0.256. The van der Waals surface area contributed by atoms with Crippen LogP contribution in [-0.2, 0) is 4.74 Å². The molecule has 1 aromatic carbocycles. The molecule has 1 saturated heterocycles. The zero-order chi connectivity index (χ0) is 30.7. The summed E-state index contributed by atoms with van der Waals surface area (Å²) in [6.45, 7) is 11.0. The second kappa shape index (κ2) is 12.4. The molecule has 3 aromatic heterocycles. The second-order valence-electron chi connectivity index (χ2n) is 11.9. The summed E-state index contributed by atoms with van der Waals surface area (Å²) in [5.41, 5.74) is 1.38. The number of likely N-dealkylation sites (tertiary alicyclic amines) is 1. The van der Waals surface area contributed by atoms with Crippen LogP contribution in [0.25, 0.3) is 22.7 Å². The highest BCUT2D eigenvalue weighted by atomic mass is 19.1. The van der Waals surface area contributed by atoms with Crippen LogP contribution >= 0.6 is 0 Å². The maximum absolute atomic E-state index is 14.6. The van der Waals surface area contributed by atoms with E-state index in [0.29, 0.717) is 54.2 Å². The molecule has 226 valence electrons. The van der Waals surface area contributed by atoms with E-state index in [4.69, 9.17) is 14.0 Å². The number of aryl methyl sites for hydroxylation is 1. The van der Waals surface area contributed by atoms with Gasteiger partial charge in [-0.25, -0.2) is 19.2 Å². The molecule has 1 amide bonds. The van der Waals surface area contributed by atoms with E-state index in [2.05, 4.69) is 15.1 Å². The molecular weight excluding hydrogens is 553 g/mol. The minimum atomic E-state index is -0.873. The first-order valence-corrected chi connectivity index (χ1v) is 14.4. The van der Waals surface area contributed by atoms with Crippen LogP contribution in [0.5, 0.6) is 5.75 Å².